The maximum atomic E-state index is 12.1. The largest absolute Gasteiger partial charge is 0.444 e. The predicted octanol–water partition coefficient (Wildman–Crippen LogP) is 0.979. The molecule has 0 spiro atoms. The van der Waals surface area contributed by atoms with E-state index in [-0.39, 0.29) is 18.6 Å². The fourth-order valence-electron chi connectivity index (χ4n) is 2.42. The number of hydrogen-bond donors (Lipinski definition) is 2. The van der Waals surface area contributed by atoms with Crippen LogP contribution in [0.25, 0.3) is 0 Å². The first kappa shape index (κ1) is 15.8. The summed E-state index contributed by atoms with van der Waals surface area (Å²) in [4.78, 5) is 24.9. The Morgan fingerprint density at radius 1 is 1.42 bits per heavy atom. The van der Waals surface area contributed by atoms with Gasteiger partial charge in [-0.3, -0.25) is 4.79 Å². The van der Waals surface area contributed by atoms with E-state index in [1.165, 1.54) is 0 Å². The summed E-state index contributed by atoms with van der Waals surface area (Å²) in [6.07, 6.45) is 1.11. The molecule has 0 aliphatic carbocycles. The molecule has 1 heterocycles. The summed E-state index contributed by atoms with van der Waals surface area (Å²) in [6.45, 7) is 7.88. The van der Waals surface area contributed by atoms with Gasteiger partial charge in [-0.2, -0.15) is 0 Å². The number of hydrogen-bond acceptors (Lipinski definition) is 4. The minimum Gasteiger partial charge on any atom is -0.444 e. The molecule has 6 nitrogen and oxygen atoms in total. The van der Waals surface area contributed by atoms with Gasteiger partial charge in [-0.15, -0.1) is 0 Å². The molecule has 2 atom stereocenters. The molecule has 0 aromatic heterocycles. The van der Waals surface area contributed by atoms with E-state index in [1.807, 2.05) is 27.7 Å². The van der Waals surface area contributed by atoms with E-state index in [2.05, 4.69) is 0 Å². The normalized spacial score (nSPS) is 28.1. The third kappa shape index (κ3) is 4.09. The molecule has 1 fully saturated rings. The molecule has 2 unspecified atom stereocenters. The fraction of sp³-hybridized carbons (Fsp3) is 0.846. The smallest absolute Gasteiger partial charge is 0.410 e. The summed E-state index contributed by atoms with van der Waals surface area (Å²) < 4.78 is 5.36. The number of ether oxygens (including phenoxy) is 1. The van der Waals surface area contributed by atoms with Gasteiger partial charge in [-0.25, -0.2) is 4.79 Å². The Bertz CT molecular complexity index is 365. The first-order valence-electron chi connectivity index (χ1n) is 6.62. The standard InChI is InChI=1S/C13H25N3O3/c1-9-13(15,8-10(14)17)6-5-7-16(9)11(18)19-12(2,3)4/h9H,5-8,15H2,1-4H3,(H2,14,17). The van der Waals surface area contributed by atoms with Gasteiger partial charge < -0.3 is 21.1 Å². The van der Waals surface area contributed by atoms with Crippen molar-refractivity contribution in [1.82, 2.24) is 4.90 Å². The van der Waals surface area contributed by atoms with Gasteiger partial charge in [0.1, 0.15) is 5.60 Å². The van der Waals surface area contributed by atoms with Crippen molar-refractivity contribution in [3.8, 4) is 0 Å². The van der Waals surface area contributed by atoms with Crippen molar-refractivity contribution >= 4 is 12.0 Å². The summed E-state index contributed by atoms with van der Waals surface area (Å²) in [5.41, 5.74) is 10.2. The zero-order valence-corrected chi connectivity index (χ0v) is 12.2. The number of likely N-dealkylation sites (tertiary alicyclic amines) is 1. The van der Waals surface area contributed by atoms with Gasteiger partial charge in [-0.1, -0.05) is 0 Å². The maximum Gasteiger partial charge on any atom is 0.410 e. The van der Waals surface area contributed by atoms with Gasteiger partial charge in [-0.05, 0) is 40.5 Å². The summed E-state index contributed by atoms with van der Waals surface area (Å²) in [5, 5.41) is 0. The van der Waals surface area contributed by atoms with E-state index in [9.17, 15) is 9.59 Å². The summed E-state index contributed by atoms with van der Waals surface area (Å²) in [6, 6.07) is -0.274. The van der Waals surface area contributed by atoms with E-state index in [0.29, 0.717) is 13.0 Å². The predicted molar refractivity (Wildman–Crippen MR) is 72.4 cm³/mol. The molecule has 6 heteroatoms. The number of rotatable bonds is 2. The highest BCUT2D eigenvalue weighted by atomic mass is 16.6. The molecule has 1 rings (SSSR count). The minimum absolute atomic E-state index is 0.0768. The minimum atomic E-state index is -0.763. The molecule has 19 heavy (non-hydrogen) atoms. The number of carbonyl (C=O) groups is 2. The lowest BCUT2D eigenvalue weighted by molar-refractivity contribution is -0.120. The first-order valence-corrected chi connectivity index (χ1v) is 6.62. The number of primary amides is 1. The third-order valence-corrected chi connectivity index (χ3v) is 3.47. The summed E-state index contributed by atoms with van der Waals surface area (Å²) in [5.74, 6) is -0.444. The van der Waals surface area contributed by atoms with Crippen LogP contribution in [0.3, 0.4) is 0 Å². The lowest BCUT2D eigenvalue weighted by Gasteiger charge is -2.46. The van der Waals surface area contributed by atoms with Crippen LogP contribution in [-0.4, -0.2) is 40.6 Å². The van der Waals surface area contributed by atoms with Crippen LogP contribution in [0.2, 0.25) is 0 Å². The molecule has 0 bridgehead atoms. The van der Waals surface area contributed by atoms with Gasteiger partial charge in [0.2, 0.25) is 5.91 Å². The van der Waals surface area contributed by atoms with E-state index in [0.717, 1.165) is 6.42 Å². The average molecular weight is 271 g/mol. The Kier molecular flexibility index (Phi) is 4.45. The first-order chi connectivity index (χ1) is 8.55. The Morgan fingerprint density at radius 2 is 2.00 bits per heavy atom. The highest BCUT2D eigenvalue weighted by molar-refractivity contribution is 5.76. The molecule has 4 N–H and O–H groups in total. The Labute approximate surface area is 114 Å². The third-order valence-electron chi connectivity index (χ3n) is 3.47. The second kappa shape index (κ2) is 5.36. The van der Waals surface area contributed by atoms with Crippen molar-refractivity contribution in [3.05, 3.63) is 0 Å². The quantitative estimate of drug-likeness (QED) is 0.782. The number of nitrogens with two attached hydrogens (primary N) is 2. The van der Waals surface area contributed by atoms with Gasteiger partial charge >= 0.3 is 6.09 Å². The van der Waals surface area contributed by atoms with Crippen LogP contribution in [0.1, 0.15) is 47.0 Å². The van der Waals surface area contributed by atoms with Crippen molar-refractivity contribution in [2.45, 2.75) is 64.1 Å². The number of nitrogens with zero attached hydrogens (tertiary/aromatic N) is 1. The number of piperidine rings is 1. The zero-order valence-electron chi connectivity index (χ0n) is 12.2. The van der Waals surface area contributed by atoms with E-state index in [1.54, 1.807) is 4.90 Å². The lowest BCUT2D eigenvalue weighted by atomic mass is 9.80. The Hall–Kier alpha value is -1.30. The molecule has 2 amide bonds. The van der Waals surface area contributed by atoms with Crippen molar-refractivity contribution in [1.29, 1.82) is 0 Å². The molecule has 110 valence electrons. The maximum absolute atomic E-state index is 12.1. The number of carbonyl (C=O) groups excluding carboxylic acids is 2. The fourth-order valence-corrected chi connectivity index (χ4v) is 2.42. The van der Waals surface area contributed by atoms with Crippen molar-refractivity contribution in [3.63, 3.8) is 0 Å². The topological polar surface area (TPSA) is 98.7 Å². The second-order valence-electron chi connectivity index (χ2n) is 6.33. The summed E-state index contributed by atoms with van der Waals surface area (Å²) in [7, 11) is 0. The average Bonchev–Trinajstić information content (AvgIpc) is 2.18. The second-order valence-corrected chi connectivity index (χ2v) is 6.33. The monoisotopic (exact) mass is 271 g/mol. The van der Waals surface area contributed by atoms with E-state index in [4.69, 9.17) is 16.2 Å². The lowest BCUT2D eigenvalue weighted by Crippen LogP contribution is -2.63. The molecule has 1 saturated heterocycles. The van der Waals surface area contributed by atoms with Gasteiger partial charge in [0.05, 0.1) is 6.04 Å². The van der Waals surface area contributed by atoms with Crippen LogP contribution in [0.5, 0.6) is 0 Å². The van der Waals surface area contributed by atoms with Crippen LogP contribution in [0, 0.1) is 0 Å². The Balaban J connectivity index is 2.80. The van der Waals surface area contributed by atoms with Gasteiger partial charge in [0, 0.05) is 18.5 Å². The molecule has 0 aromatic rings. The Morgan fingerprint density at radius 3 is 2.47 bits per heavy atom. The molecular weight excluding hydrogens is 246 g/mol. The number of amides is 2. The highest BCUT2D eigenvalue weighted by Crippen LogP contribution is 2.29. The van der Waals surface area contributed by atoms with E-state index < -0.39 is 17.0 Å². The van der Waals surface area contributed by atoms with Crippen LogP contribution in [-0.2, 0) is 9.53 Å². The van der Waals surface area contributed by atoms with Crippen molar-refractivity contribution in [2.75, 3.05) is 6.54 Å². The highest BCUT2D eigenvalue weighted by Gasteiger charge is 2.43. The SMILES string of the molecule is CC1N(C(=O)OC(C)(C)C)CCCC1(N)CC(N)=O. The van der Waals surface area contributed by atoms with Gasteiger partial charge in [0.25, 0.3) is 0 Å². The molecular formula is C13H25N3O3. The van der Waals surface area contributed by atoms with Gasteiger partial charge in [0.15, 0.2) is 0 Å². The van der Waals surface area contributed by atoms with Crippen LogP contribution in [0.4, 0.5) is 4.79 Å². The van der Waals surface area contributed by atoms with Crippen LogP contribution in [0.15, 0.2) is 0 Å². The van der Waals surface area contributed by atoms with Crippen LogP contribution >= 0.6 is 0 Å². The molecule has 1 aliphatic heterocycles. The molecule has 0 aromatic carbocycles. The van der Waals surface area contributed by atoms with Crippen molar-refractivity contribution in [2.24, 2.45) is 11.5 Å². The van der Waals surface area contributed by atoms with Crippen molar-refractivity contribution < 1.29 is 14.3 Å². The molecule has 1 aliphatic rings. The van der Waals surface area contributed by atoms with Crippen LogP contribution < -0.4 is 11.5 Å². The molecule has 0 saturated carbocycles. The molecule has 0 radical (unpaired) electrons. The summed E-state index contributed by atoms with van der Waals surface area (Å²) >= 11 is 0. The van der Waals surface area contributed by atoms with E-state index >= 15 is 0 Å². The zero-order chi connectivity index (χ0) is 14.8.